The first-order valence-corrected chi connectivity index (χ1v) is 7.94. The lowest BCUT2D eigenvalue weighted by molar-refractivity contribution is -0.143. The molecule has 0 radical (unpaired) electrons. The Labute approximate surface area is 116 Å². The third kappa shape index (κ3) is 2.55. The molecule has 2 rings (SSSR count). The summed E-state index contributed by atoms with van der Waals surface area (Å²) in [4.78, 5) is 11.5. The van der Waals surface area contributed by atoms with Gasteiger partial charge in [0.15, 0.2) is 0 Å². The van der Waals surface area contributed by atoms with Gasteiger partial charge in [0.2, 0.25) is 5.91 Å². The molecule has 1 heterocycles. The fourth-order valence-corrected chi connectivity index (χ4v) is 4.15. The van der Waals surface area contributed by atoms with Crippen LogP contribution in [0.25, 0.3) is 0 Å². The third-order valence-corrected chi connectivity index (χ3v) is 4.73. The average Bonchev–Trinajstić information content (AvgIpc) is 2.26. The summed E-state index contributed by atoms with van der Waals surface area (Å²) in [6, 6.07) is 7.29. The summed E-state index contributed by atoms with van der Waals surface area (Å²) in [6.07, 6.45) is 0.520. The van der Waals surface area contributed by atoms with Crippen LogP contribution in [0.1, 0.15) is 18.9 Å². The maximum absolute atomic E-state index is 11.5. The van der Waals surface area contributed by atoms with Crippen LogP contribution in [0.5, 0.6) is 5.75 Å². The monoisotopic (exact) mass is 303 g/mol. The van der Waals surface area contributed by atoms with Crippen LogP contribution >= 0.6 is 10.7 Å². The van der Waals surface area contributed by atoms with Gasteiger partial charge in [0.1, 0.15) is 5.75 Å². The maximum Gasteiger partial charge on any atom is 0.324 e. The van der Waals surface area contributed by atoms with E-state index in [-0.39, 0.29) is 6.42 Å². The molecule has 1 aromatic rings. The summed E-state index contributed by atoms with van der Waals surface area (Å²) in [5, 5.41) is 0. The van der Waals surface area contributed by atoms with Crippen molar-refractivity contribution in [1.82, 2.24) is 4.31 Å². The van der Waals surface area contributed by atoms with Crippen LogP contribution in [0, 0.1) is 0 Å². The first-order chi connectivity index (χ1) is 8.78. The molecule has 1 aromatic carbocycles. The van der Waals surface area contributed by atoms with Crippen LogP contribution in [0.3, 0.4) is 0 Å². The average molecular weight is 304 g/mol. The Balaban J connectivity index is 2.30. The van der Waals surface area contributed by atoms with E-state index >= 15 is 0 Å². The highest BCUT2D eigenvalue weighted by molar-refractivity contribution is 8.12. The van der Waals surface area contributed by atoms with Crippen molar-refractivity contribution in [3.63, 3.8) is 0 Å². The van der Waals surface area contributed by atoms with Gasteiger partial charge >= 0.3 is 9.24 Å². The van der Waals surface area contributed by atoms with Crippen LogP contribution < -0.4 is 4.74 Å². The van der Waals surface area contributed by atoms with E-state index in [2.05, 4.69) is 0 Å². The van der Waals surface area contributed by atoms with Crippen LogP contribution in [0.15, 0.2) is 24.3 Å². The lowest BCUT2D eigenvalue weighted by atomic mass is 9.83. The van der Waals surface area contributed by atoms with Crippen LogP contribution in [-0.4, -0.2) is 31.3 Å². The molecule has 0 bridgehead atoms. The largest absolute Gasteiger partial charge is 0.496 e. The summed E-state index contributed by atoms with van der Waals surface area (Å²) >= 11 is 0. The van der Waals surface area contributed by atoms with Gasteiger partial charge in [-0.2, -0.15) is 8.42 Å². The van der Waals surface area contributed by atoms with Gasteiger partial charge in [0, 0.05) is 17.1 Å². The molecule has 7 heteroatoms. The summed E-state index contributed by atoms with van der Waals surface area (Å²) in [5.74, 6) is 0.183. The second kappa shape index (κ2) is 4.68. The molecular formula is C12H14ClNO4S. The molecule has 5 nitrogen and oxygen atoms in total. The van der Waals surface area contributed by atoms with Crippen molar-refractivity contribution in [2.75, 3.05) is 7.11 Å². The second-order valence-corrected chi connectivity index (χ2v) is 7.12. The van der Waals surface area contributed by atoms with Crippen LogP contribution in [0.2, 0.25) is 0 Å². The molecule has 1 aliphatic rings. The number of carbonyl (C=O) groups excluding carboxylic acids is 1. The van der Waals surface area contributed by atoms with Gasteiger partial charge in [-0.15, -0.1) is 0 Å². The Morgan fingerprint density at radius 2 is 2.05 bits per heavy atom. The molecule has 1 saturated heterocycles. The smallest absolute Gasteiger partial charge is 0.324 e. The number of halogens is 1. The van der Waals surface area contributed by atoms with E-state index in [1.165, 1.54) is 0 Å². The van der Waals surface area contributed by atoms with E-state index in [1.807, 2.05) is 18.2 Å². The Morgan fingerprint density at radius 1 is 1.42 bits per heavy atom. The summed E-state index contributed by atoms with van der Waals surface area (Å²) in [6.45, 7) is 1.70. The number of β-lactam (4-membered cyclic amide) rings is 1. The standard InChI is InChI=1S/C12H14ClNO4S/c1-12(8-11(15)14(12)19(13,16)17)7-9-5-3-4-6-10(9)18-2/h3-6H,7-8H2,1-2H3. The number of ether oxygens (including phenoxy) is 1. The van der Waals surface area contributed by atoms with Gasteiger partial charge < -0.3 is 4.74 Å². The lowest BCUT2D eigenvalue weighted by Crippen LogP contribution is -2.63. The van der Waals surface area contributed by atoms with E-state index in [1.54, 1.807) is 20.1 Å². The molecule has 0 spiro atoms. The van der Waals surface area contributed by atoms with Gasteiger partial charge in [-0.05, 0) is 18.6 Å². The normalized spacial score (nSPS) is 23.1. The van der Waals surface area contributed by atoms with Crippen LogP contribution in [0.4, 0.5) is 0 Å². The molecule has 0 saturated carbocycles. The Kier molecular flexibility index (Phi) is 3.49. The number of hydrogen-bond donors (Lipinski definition) is 0. The predicted molar refractivity (Wildman–Crippen MR) is 71.3 cm³/mol. The van der Waals surface area contributed by atoms with E-state index in [4.69, 9.17) is 15.4 Å². The minimum absolute atomic E-state index is 0.150. The Morgan fingerprint density at radius 3 is 2.58 bits per heavy atom. The minimum Gasteiger partial charge on any atom is -0.496 e. The fraction of sp³-hybridized carbons (Fsp3) is 0.417. The summed E-state index contributed by atoms with van der Waals surface area (Å²) in [5.41, 5.74) is 0.0112. The number of nitrogens with zero attached hydrogens (tertiary/aromatic N) is 1. The fourth-order valence-electron chi connectivity index (χ4n) is 2.46. The number of benzene rings is 1. The molecule has 1 aliphatic heterocycles. The Bertz CT molecular complexity index is 616. The highest BCUT2D eigenvalue weighted by Gasteiger charge is 2.53. The van der Waals surface area contributed by atoms with Crippen molar-refractivity contribution in [3.05, 3.63) is 29.8 Å². The van der Waals surface area contributed by atoms with Crippen molar-refractivity contribution in [3.8, 4) is 5.75 Å². The number of rotatable bonds is 4. The van der Waals surface area contributed by atoms with Crippen molar-refractivity contribution in [2.45, 2.75) is 25.3 Å². The molecule has 1 amide bonds. The van der Waals surface area contributed by atoms with Gasteiger partial charge in [-0.1, -0.05) is 18.2 Å². The van der Waals surface area contributed by atoms with Crippen molar-refractivity contribution < 1.29 is 17.9 Å². The third-order valence-electron chi connectivity index (χ3n) is 3.23. The van der Waals surface area contributed by atoms with Crippen molar-refractivity contribution in [2.24, 2.45) is 0 Å². The molecule has 19 heavy (non-hydrogen) atoms. The van der Waals surface area contributed by atoms with E-state index < -0.39 is 20.7 Å². The first-order valence-electron chi connectivity index (χ1n) is 5.68. The zero-order chi connectivity index (χ0) is 14.3. The molecule has 0 aromatic heterocycles. The SMILES string of the molecule is COc1ccccc1CC1(C)CC(=O)N1S(=O)(=O)Cl. The molecule has 0 aliphatic carbocycles. The molecule has 1 atom stereocenters. The van der Waals surface area contributed by atoms with Crippen molar-refractivity contribution in [1.29, 1.82) is 0 Å². The topological polar surface area (TPSA) is 63.7 Å². The van der Waals surface area contributed by atoms with E-state index in [0.29, 0.717) is 12.2 Å². The number of carbonyl (C=O) groups is 1. The molecule has 1 fully saturated rings. The lowest BCUT2D eigenvalue weighted by Gasteiger charge is -2.47. The number of methoxy groups -OCH3 is 1. The zero-order valence-electron chi connectivity index (χ0n) is 10.6. The molecule has 104 valence electrons. The van der Waals surface area contributed by atoms with Gasteiger partial charge in [0.05, 0.1) is 19.1 Å². The zero-order valence-corrected chi connectivity index (χ0v) is 12.2. The number of amides is 1. The number of hydrogen-bond acceptors (Lipinski definition) is 4. The highest BCUT2D eigenvalue weighted by Crippen LogP contribution is 2.40. The van der Waals surface area contributed by atoms with Gasteiger partial charge in [-0.25, -0.2) is 4.31 Å². The summed E-state index contributed by atoms with van der Waals surface area (Å²) in [7, 11) is 2.80. The highest BCUT2D eigenvalue weighted by atomic mass is 35.7. The second-order valence-electron chi connectivity index (χ2n) is 4.76. The number of para-hydroxylation sites is 1. The quantitative estimate of drug-likeness (QED) is 0.627. The van der Waals surface area contributed by atoms with Gasteiger partial charge in [0.25, 0.3) is 0 Å². The molecule has 1 unspecified atom stereocenters. The molecular weight excluding hydrogens is 290 g/mol. The van der Waals surface area contributed by atoms with E-state index in [9.17, 15) is 13.2 Å². The Hall–Kier alpha value is -1.27. The van der Waals surface area contributed by atoms with E-state index in [0.717, 1.165) is 9.87 Å². The minimum atomic E-state index is -4.05. The van der Waals surface area contributed by atoms with Crippen LogP contribution in [-0.2, 0) is 20.5 Å². The maximum atomic E-state index is 11.5. The van der Waals surface area contributed by atoms with Gasteiger partial charge in [-0.3, -0.25) is 4.79 Å². The summed E-state index contributed by atoms with van der Waals surface area (Å²) < 4.78 is 28.8. The van der Waals surface area contributed by atoms with Crippen molar-refractivity contribution >= 4 is 25.8 Å². The predicted octanol–water partition coefficient (Wildman–Crippen LogP) is 1.71. The molecule has 0 N–H and O–H groups in total. The first kappa shape index (κ1) is 14.1.